The zero-order valence-electron chi connectivity index (χ0n) is 9.68. The smallest absolute Gasteiger partial charge is 0.326 e. The van der Waals surface area contributed by atoms with E-state index in [4.69, 9.17) is 4.74 Å². The fourth-order valence-electron chi connectivity index (χ4n) is 1.55. The first kappa shape index (κ1) is 14.7. The summed E-state index contributed by atoms with van der Waals surface area (Å²) in [5.41, 5.74) is -0.538. The number of methoxy groups -OCH3 is 1. The van der Waals surface area contributed by atoms with Crippen LogP contribution in [0.25, 0.3) is 0 Å². The van der Waals surface area contributed by atoms with Crippen molar-refractivity contribution in [1.82, 2.24) is 5.32 Å². The number of halogens is 5. The molecule has 0 bridgehead atoms. The standard InChI is InChI=1S/C11H12F5NO/c1-17-9(11(15,16)10(13)14)7-4-3-6(18-2)5-8(7)12/h3-5,9-10,17H,1-2H3. The highest BCUT2D eigenvalue weighted by Crippen LogP contribution is 2.37. The first-order valence-corrected chi connectivity index (χ1v) is 5.01. The molecule has 0 radical (unpaired) electrons. The van der Waals surface area contributed by atoms with Crippen molar-refractivity contribution < 1.29 is 26.7 Å². The van der Waals surface area contributed by atoms with Crippen LogP contribution in [0, 0.1) is 5.82 Å². The zero-order chi connectivity index (χ0) is 13.9. The molecule has 0 aliphatic heterocycles. The number of hydrogen-bond donors (Lipinski definition) is 1. The van der Waals surface area contributed by atoms with Gasteiger partial charge in [-0.25, -0.2) is 13.2 Å². The minimum atomic E-state index is -4.37. The van der Waals surface area contributed by atoms with Crippen molar-refractivity contribution in [2.75, 3.05) is 14.2 Å². The monoisotopic (exact) mass is 269 g/mol. The first-order chi connectivity index (χ1) is 8.34. The summed E-state index contributed by atoms with van der Waals surface area (Å²) in [5.74, 6) is -5.29. The zero-order valence-corrected chi connectivity index (χ0v) is 9.68. The van der Waals surface area contributed by atoms with Crippen LogP contribution in [0.1, 0.15) is 11.6 Å². The summed E-state index contributed by atoms with van der Waals surface area (Å²) in [7, 11) is 2.34. The molecular formula is C11H12F5NO. The molecule has 1 atom stereocenters. The van der Waals surface area contributed by atoms with E-state index >= 15 is 0 Å². The normalized spacial score (nSPS) is 13.8. The maximum atomic E-state index is 13.6. The maximum absolute atomic E-state index is 13.6. The predicted molar refractivity (Wildman–Crippen MR) is 55.7 cm³/mol. The van der Waals surface area contributed by atoms with E-state index in [9.17, 15) is 22.0 Å². The molecule has 0 spiro atoms. The Balaban J connectivity index is 3.17. The lowest BCUT2D eigenvalue weighted by Crippen LogP contribution is -2.41. The van der Waals surface area contributed by atoms with Gasteiger partial charge in [-0.2, -0.15) is 8.78 Å². The van der Waals surface area contributed by atoms with Gasteiger partial charge in [0.25, 0.3) is 0 Å². The minimum absolute atomic E-state index is 0.117. The van der Waals surface area contributed by atoms with Gasteiger partial charge in [-0.05, 0) is 13.1 Å². The second-order valence-corrected chi connectivity index (χ2v) is 3.58. The molecule has 1 aromatic rings. The van der Waals surface area contributed by atoms with Crippen molar-refractivity contribution in [3.63, 3.8) is 0 Å². The number of nitrogens with one attached hydrogen (secondary N) is 1. The van der Waals surface area contributed by atoms with Crippen molar-refractivity contribution in [3.8, 4) is 5.75 Å². The van der Waals surface area contributed by atoms with Crippen LogP contribution < -0.4 is 10.1 Å². The van der Waals surface area contributed by atoms with Crippen LogP contribution in [0.5, 0.6) is 5.75 Å². The van der Waals surface area contributed by atoms with Crippen LogP contribution in [-0.2, 0) is 0 Å². The Bertz CT molecular complexity index is 410. The Morgan fingerprint density at radius 1 is 1.28 bits per heavy atom. The molecule has 0 amide bonds. The quantitative estimate of drug-likeness (QED) is 0.830. The molecule has 0 heterocycles. The van der Waals surface area contributed by atoms with Crippen molar-refractivity contribution in [2.45, 2.75) is 18.4 Å². The van der Waals surface area contributed by atoms with Crippen LogP contribution >= 0.6 is 0 Å². The number of benzene rings is 1. The molecule has 1 aromatic carbocycles. The van der Waals surface area contributed by atoms with Gasteiger partial charge in [-0.15, -0.1) is 0 Å². The van der Waals surface area contributed by atoms with Gasteiger partial charge in [0.15, 0.2) is 0 Å². The predicted octanol–water partition coefficient (Wildman–Crippen LogP) is 3.00. The van der Waals surface area contributed by atoms with Crippen LogP contribution in [0.2, 0.25) is 0 Å². The molecule has 1 rings (SSSR count). The number of ether oxygens (including phenoxy) is 1. The second-order valence-electron chi connectivity index (χ2n) is 3.58. The van der Waals surface area contributed by atoms with E-state index in [1.165, 1.54) is 13.2 Å². The third-order valence-electron chi connectivity index (χ3n) is 2.48. The van der Waals surface area contributed by atoms with Gasteiger partial charge >= 0.3 is 12.3 Å². The number of alkyl halides is 4. The van der Waals surface area contributed by atoms with Crippen LogP contribution in [0.4, 0.5) is 22.0 Å². The molecule has 1 unspecified atom stereocenters. The van der Waals surface area contributed by atoms with Gasteiger partial charge in [0, 0.05) is 11.6 Å². The highest BCUT2D eigenvalue weighted by atomic mass is 19.3. The number of hydrogen-bond acceptors (Lipinski definition) is 2. The number of rotatable bonds is 5. The first-order valence-electron chi connectivity index (χ1n) is 5.01. The summed E-state index contributed by atoms with van der Waals surface area (Å²) < 4.78 is 69.3. The second kappa shape index (κ2) is 5.51. The van der Waals surface area contributed by atoms with Gasteiger partial charge in [-0.1, -0.05) is 6.07 Å². The molecule has 0 aliphatic rings. The van der Waals surface area contributed by atoms with E-state index in [1.54, 1.807) is 0 Å². The van der Waals surface area contributed by atoms with Gasteiger partial charge in [0.05, 0.1) is 7.11 Å². The van der Waals surface area contributed by atoms with E-state index in [0.29, 0.717) is 0 Å². The minimum Gasteiger partial charge on any atom is -0.497 e. The average molecular weight is 269 g/mol. The average Bonchev–Trinajstić information content (AvgIpc) is 2.31. The summed E-state index contributed by atoms with van der Waals surface area (Å²) >= 11 is 0. The van der Waals surface area contributed by atoms with Gasteiger partial charge in [0.2, 0.25) is 0 Å². The summed E-state index contributed by atoms with van der Waals surface area (Å²) in [4.78, 5) is 0. The summed E-state index contributed by atoms with van der Waals surface area (Å²) in [6, 6.07) is 0.973. The van der Waals surface area contributed by atoms with Gasteiger partial charge < -0.3 is 10.1 Å². The van der Waals surface area contributed by atoms with Crippen LogP contribution in [-0.4, -0.2) is 26.5 Å². The Morgan fingerprint density at radius 2 is 1.89 bits per heavy atom. The van der Waals surface area contributed by atoms with E-state index in [2.05, 4.69) is 0 Å². The molecule has 2 nitrogen and oxygen atoms in total. The lowest BCUT2D eigenvalue weighted by Gasteiger charge is -2.26. The molecule has 0 fully saturated rings. The highest BCUT2D eigenvalue weighted by molar-refractivity contribution is 5.32. The molecule has 7 heteroatoms. The van der Waals surface area contributed by atoms with Gasteiger partial charge in [0.1, 0.15) is 17.6 Å². The fourth-order valence-corrected chi connectivity index (χ4v) is 1.55. The third-order valence-corrected chi connectivity index (χ3v) is 2.48. The van der Waals surface area contributed by atoms with Crippen molar-refractivity contribution in [2.24, 2.45) is 0 Å². The van der Waals surface area contributed by atoms with Crippen LogP contribution in [0.3, 0.4) is 0 Å². The van der Waals surface area contributed by atoms with E-state index < -0.39 is 29.8 Å². The van der Waals surface area contributed by atoms with Crippen molar-refractivity contribution in [1.29, 1.82) is 0 Å². The van der Waals surface area contributed by atoms with Gasteiger partial charge in [-0.3, -0.25) is 0 Å². The Kier molecular flexibility index (Phi) is 4.50. The van der Waals surface area contributed by atoms with Crippen LogP contribution in [0.15, 0.2) is 18.2 Å². The molecular weight excluding hydrogens is 257 g/mol. The molecule has 0 aliphatic carbocycles. The van der Waals surface area contributed by atoms with Crippen molar-refractivity contribution in [3.05, 3.63) is 29.6 Å². The molecule has 18 heavy (non-hydrogen) atoms. The molecule has 0 saturated carbocycles. The highest BCUT2D eigenvalue weighted by Gasteiger charge is 2.49. The summed E-state index contributed by atoms with van der Waals surface area (Å²) in [6.07, 6.45) is -3.89. The lowest BCUT2D eigenvalue weighted by atomic mass is 10.00. The molecule has 102 valence electrons. The lowest BCUT2D eigenvalue weighted by molar-refractivity contribution is -0.151. The summed E-state index contributed by atoms with van der Waals surface area (Å²) in [5, 5.41) is 2.01. The van der Waals surface area contributed by atoms with E-state index in [0.717, 1.165) is 19.2 Å². The third kappa shape index (κ3) is 2.72. The fraction of sp³-hybridized carbons (Fsp3) is 0.455. The van der Waals surface area contributed by atoms with E-state index in [-0.39, 0.29) is 5.75 Å². The molecule has 0 aromatic heterocycles. The van der Waals surface area contributed by atoms with E-state index in [1.807, 2.05) is 5.32 Å². The molecule has 0 saturated heterocycles. The Hall–Kier alpha value is -1.37. The maximum Gasteiger partial charge on any atom is 0.326 e. The topological polar surface area (TPSA) is 21.3 Å². The Morgan fingerprint density at radius 3 is 2.28 bits per heavy atom. The summed E-state index contributed by atoms with van der Waals surface area (Å²) in [6.45, 7) is 0. The molecule has 1 N–H and O–H groups in total. The Labute approximate surface area is 101 Å². The van der Waals surface area contributed by atoms with Crippen molar-refractivity contribution >= 4 is 0 Å². The SMILES string of the molecule is CNC(c1ccc(OC)cc1F)C(F)(F)C(F)F. The largest absolute Gasteiger partial charge is 0.497 e.